The number of aromatic nitrogens is 4. The van der Waals surface area contributed by atoms with Crippen LogP contribution < -0.4 is 5.32 Å². The zero-order chi connectivity index (χ0) is 24.0. The predicted molar refractivity (Wildman–Crippen MR) is 130 cm³/mol. The Hall–Kier alpha value is -4.31. The average Bonchev–Trinajstić information content (AvgIpc) is 3.66. The fourth-order valence-electron chi connectivity index (χ4n) is 3.85. The number of amides is 2. The molecule has 35 heavy (non-hydrogen) atoms. The van der Waals surface area contributed by atoms with E-state index in [9.17, 15) is 9.59 Å². The van der Waals surface area contributed by atoms with Gasteiger partial charge in [-0.1, -0.05) is 23.4 Å². The minimum absolute atomic E-state index is 0.0566. The Kier molecular flexibility index (Phi) is 6.62. The standard InChI is InChI=1S/C25H22N6O3S/c32-23(17-31-22-8-2-1-7-21(22)28-29-31)30(16-20-6-4-14-35-20)24(18-9-11-26-12-10-18)25(33)27-15-19-5-3-13-34-19/h1-14,24H,15-17H2,(H,27,33)/t24-/m0/s1. The highest BCUT2D eigenvalue weighted by Gasteiger charge is 2.32. The van der Waals surface area contributed by atoms with E-state index in [1.54, 1.807) is 52.5 Å². The van der Waals surface area contributed by atoms with Crippen molar-refractivity contribution in [3.8, 4) is 0 Å². The van der Waals surface area contributed by atoms with Crippen LogP contribution in [-0.2, 0) is 29.2 Å². The third kappa shape index (κ3) is 5.12. The minimum atomic E-state index is -0.877. The number of hydrogen-bond donors (Lipinski definition) is 1. The first-order chi connectivity index (χ1) is 17.2. The number of nitrogens with one attached hydrogen (secondary N) is 1. The van der Waals surface area contributed by atoms with Crippen LogP contribution in [0.4, 0.5) is 0 Å². The smallest absolute Gasteiger partial charge is 0.247 e. The Bertz CT molecular complexity index is 1400. The van der Waals surface area contributed by atoms with Crippen LogP contribution in [0.1, 0.15) is 22.2 Å². The van der Waals surface area contributed by atoms with E-state index in [-0.39, 0.29) is 31.4 Å². The number of para-hydroxylation sites is 1. The van der Waals surface area contributed by atoms with Gasteiger partial charge in [0.2, 0.25) is 11.8 Å². The van der Waals surface area contributed by atoms with Gasteiger partial charge >= 0.3 is 0 Å². The van der Waals surface area contributed by atoms with E-state index in [1.807, 2.05) is 41.8 Å². The summed E-state index contributed by atoms with van der Waals surface area (Å²) in [5.41, 5.74) is 2.11. The zero-order valence-electron chi connectivity index (χ0n) is 18.7. The van der Waals surface area contributed by atoms with Crippen LogP contribution in [-0.4, -0.2) is 36.7 Å². The summed E-state index contributed by atoms with van der Waals surface area (Å²) in [4.78, 5) is 33.9. The molecule has 4 heterocycles. The van der Waals surface area contributed by atoms with Crippen molar-refractivity contribution in [1.29, 1.82) is 0 Å². The van der Waals surface area contributed by atoms with Crippen molar-refractivity contribution >= 4 is 34.2 Å². The Morgan fingerprint density at radius 2 is 1.91 bits per heavy atom. The number of carbonyl (C=O) groups is 2. The van der Waals surface area contributed by atoms with Gasteiger partial charge in [0.1, 0.15) is 23.9 Å². The van der Waals surface area contributed by atoms with Crippen LogP contribution in [0.15, 0.2) is 89.1 Å². The zero-order valence-corrected chi connectivity index (χ0v) is 19.5. The van der Waals surface area contributed by atoms with Crippen molar-refractivity contribution < 1.29 is 14.0 Å². The third-order valence-electron chi connectivity index (χ3n) is 5.53. The molecular weight excluding hydrogens is 464 g/mol. The highest BCUT2D eigenvalue weighted by atomic mass is 32.1. The van der Waals surface area contributed by atoms with Crippen molar-refractivity contribution in [2.45, 2.75) is 25.7 Å². The van der Waals surface area contributed by atoms with Gasteiger partial charge in [-0.3, -0.25) is 14.6 Å². The molecule has 0 radical (unpaired) electrons. The van der Waals surface area contributed by atoms with E-state index < -0.39 is 6.04 Å². The molecule has 10 heteroatoms. The lowest BCUT2D eigenvalue weighted by Crippen LogP contribution is -2.44. The van der Waals surface area contributed by atoms with Crippen LogP contribution in [0, 0.1) is 0 Å². The van der Waals surface area contributed by atoms with Gasteiger partial charge in [-0.25, -0.2) is 4.68 Å². The number of nitrogens with zero attached hydrogens (tertiary/aromatic N) is 5. The number of furan rings is 1. The van der Waals surface area contributed by atoms with Crippen molar-refractivity contribution in [3.63, 3.8) is 0 Å². The average molecular weight is 487 g/mol. The summed E-state index contributed by atoms with van der Waals surface area (Å²) in [5, 5.41) is 13.2. The SMILES string of the molecule is O=C(NCc1ccco1)[C@H](c1ccncc1)N(Cc1cccs1)C(=O)Cn1nnc2ccccc21. The van der Waals surface area contributed by atoms with Crippen molar-refractivity contribution in [3.05, 3.63) is 101 Å². The highest BCUT2D eigenvalue weighted by Crippen LogP contribution is 2.26. The van der Waals surface area contributed by atoms with Gasteiger partial charge in [-0.15, -0.1) is 16.4 Å². The molecule has 1 N–H and O–H groups in total. The number of pyridine rings is 1. The number of benzene rings is 1. The van der Waals surface area contributed by atoms with E-state index in [2.05, 4.69) is 20.6 Å². The van der Waals surface area contributed by atoms with E-state index in [1.165, 1.54) is 11.3 Å². The molecule has 0 aliphatic rings. The van der Waals surface area contributed by atoms with Crippen LogP contribution in [0.25, 0.3) is 11.0 Å². The van der Waals surface area contributed by atoms with Gasteiger partial charge < -0.3 is 14.6 Å². The van der Waals surface area contributed by atoms with Crippen molar-refractivity contribution in [1.82, 2.24) is 30.2 Å². The number of carbonyl (C=O) groups excluding carboxylic acids is 2. The van der Waals surface area contributed by atoms with Crippen LogP contribution in [0.3, 0.4) is 0 Å². The summed E-state index contributed by atoms with van der Waals surface area (Å²) in [6.45, 7) is 0.422. The summed E-state index contributed by atoms with van der Waals surface area (Å²) in [5.74, 6) is 0.0435. The molecule has 5 aromatic rings. The Balaban J connectivity index is 1.48. The molecule has 0 aliphatic carbocycles. The quantitative estimate of drug-likeness (QED) is 0.341. The molecule has 0 saturated carbocycles. The summed E-state index contributed by atoms with van der Waals surface area (Å²) in [6.07, 6.45) is 4.78. The van der Waals surface area contributed by atoms with Crippen LogP contribution in [0.5, 0.6) is 0 Å². The molecule has 5 rings (SSSR count). The summed E-state index contributed by atoms with van der Waals surface area (Å²) in [6, 6.07) is 17.5. The second-order valence-corrected chi connectivity index (χ2v) is 8.85. The second kappa shape index (κ2) is 10.3. The Morgan fingerprint density at radius 1 is 1.06 bits per heavy atom. The fourth-order valence-corrected chi connectivity index (χ4v) is 4.55. The van der Waals surface area contributed by atoms with Gasteiger partial charge in [0.15, 0.2) is 0 Å². The molecule has 176 valence electrons. The summed E-state index contributed by atoms with van der Waals surface area (Å²) in [7, 11) is 0. The highest BCUT2D eigenvalue weighted by molar-refractivity contribution is 7.09. The normalized spacial score (nSPS) is 11.9. The maximum absolute atomic E-state index is 13.8. The van der Waals surface area contributed by atoms with E-state index >= 15 is 0 Å². The van der Waals surface area contributed by atoms with Gasteiger partial charge in [0, 0.05) is 17.3 Å². The summed E-state index contributed by atoms with van der Waals surface area (Å²) < 4.78 is 6.91. The second-order valence-electron chi connectivity index (χ2n) is 7.82. The fraction of sp³-hybridized carbons (Fsp3) is 0.160. The number of fused-ring (bicyclic) bond motifs is 1. The number of thiophene rings is 1. The molecule has 0 spiro atoms. The van der Waals surface area contributed by atoms with Gasteiger partial charge in [-0.2, -0.15) is 0 Å². The monoisotopic (exact) mass is 486 g/mol. The lowest BCUT2D eigenvalue weighted by molar-refractivity contribution is -0.142. The number of hydrogen-bond acceptors (Lipinski definition) is 7. The lowest BCUT2D eigenvalue weighted by Gasteiger charge is -2.31. The topological polar surface area (TPSA) is 106 Å². The molecule has 0 bridgehead atoms. The third-order valence-corrected chi connectivity index (χ3v) is 6.39. The Morgan fingerprint density at radius 3 is 2.69 bits per heavy atom. The van der Waals surface area contributed by atoms with Crippen LogP contribution in [0.2, 0.25) is 0 Å². The predicted octanol–water partition coefficient (Wildman–Crippen LogP) is 3.57. The minimum Gasteiger partial charge on any atom is -0.467 e. The first-order valence-electron chi connectivity index (χ1n) is 11.0. The van der Waals surface area contributed by atoms with Gasteiger partial charge in [0.25, 0.3) is 0 Å². The maximum Gasteiger partial charge on any atom is 0.247 e. The lowest BCUT2D eigenvalue weighted by atomic mass is 10.0. The van der Waals surface area contributed by atoms with E-state index in [0.717, 1.165) is 10.4 Å². The summed E-state index contributed by atoms with van der Waals surface area (Å²) >= 11 is 1.53. The molecule has 0 fully saturated rings. The largest absolute Gasteiger partial charge is 0.467 e. The van der Waals surface area contributed by atoms with Gasteiger partial charge in [0.05, 0.1) is 24.9 Å². The van der Waals surface area contributed by atoms with E-state index in [4.69, 9.17) is 4.42 Å². The van der Waals surface area contributed by atoms with Gasteiger partial charge in [-0.05, 0) is 53.4 Å². The molecule has 1 aromatic carbocycles. The molecule has 1 atom stereocenters. The van der Waals surface area contributed by atoms with Crippen molar-refractivity contribution in [2.75, 3.05) is 0 Å². The molecule has 4 aromatic heterocycles. The maximum atomic E-state index is 13.8. The molecule has 0 saturated heterocycles. The van der Waals surface area contributed by atoms with Crippen LogP contribution >= 0.6 is 11.3 Å². The van der Waals surface area contributed by atoms with Crippen molar-refractivity contribution in [2.24, 2.45) is 0 Å². The van der Waals surface area contributed by atoms with E-state index in [0.29, 0.717) is 16.8 Å². The first-order valence-corrected chi connectivity index (χ1v) is 11.9. The Labute approximate surface area is 205 Å². The molecule has 2 amide bonds. The molecule has 0 unspecified atom stereocenters. The first kappa shape index (κ1) is 22.5. The molecule has 9 nitrogen and oxygen atoms in total. The molecular formula is C25H22N6O3S. The number of rotatable bonds is 9. The molecule has 0 aliphatic heterocycles.